The van der Waals surface area contributed by atoms with Gasteiger partial charge in [0.1, 0.15) is 6.29 Å². The quantitative estimate of drug-likeness (QED) is 0.699. The molecule has 0 fully saturated rings. The van der Waals surface area contributed by atoms with Crippen molar-refractivity contribution in [3.05, 3.63) is 22.8 Å². The van der Waals surface area contributed by atoms with E-state index < -0.39 is 0 Å². The fourth-order valence-corrected chi connectivity index (χ4v) is 3.14. The summed E-state index contributed by atoms with van der Waals surface area (Å²) in [6, 6.07) is 0. The van der Waals surface area contributed by atoms with E-state index in [4.69, 9.17) is 4.74 Å². The maximum atomic E-state index is 10.7. The first-order chi connectivity index (χ1) is 7.97. The Labute approximate surface area is 104 Å². The van der Waals surface area contributed by atoms with E-state index in [9.17, 15) is 4.79 Å². The summed E-state index contributed by atoms with van der Waals surface area (Å²) in [6.45, 7) is 8.71. The average Bonchev–Trinajstić information content (AvgIpc) is 2.53. The zero-order valence-electron chi connectivity index (χ0n) is 11.2. The zero-order valence-corrected chi connectivity index (χ0v) is 11.2. The Balaban J connectivity index is 2.37. The Morgan fingerprint density at radius 1 is 1.59 bits per heavy atom. The third kappa shape index (κ3) is 2.23. The predicted octanol–water partition coefficient (Wildman–Crippen LogP) is 3.43. The van der Waals surface area contributed by atoms with Crippen molar-refractivity contribution in [2.24, 2.45) is 5.92 Å². The number of fused-ring (bicyclic) bond motifs is 1. The van der Waals surface area contributed by atoms with Gasteiger partial charge in [0.05, 0.1) is 11.7 Å². The molecule has 17 heavy (non-hydrogen) atoms. The molecule has 1 aliphatic heterocycles. The molecule has 1 aliphatic carbocycles. The van der Waals surface area contributed by atoms with Gasteiger partial charge in [0.15, 0.2) is 0 Å². The molecule has 2 nitrogen and oxygen atoms in total. The fraction of sp³-hybridized carbons (Fsp3) is 0.667. The molecule has 2 rings (SSSR count). The highest BCUT2D eigenvalue weighted by atomic mass is 16.5. The van der Waals surface area contributed by atoms with Gasteiger partial charge >= 0.3 is 0 Å². The molecule has 2 atom stereocenters. The minimum atomic E-state index is -0.382. The lowest BCUT2D eigenvalue weighted by Crippen LogP contribution is -2.27. The fourth-order valence-electron chi connectivity index (χ4n) is 3.14. The molecule has 0 aromatic carbocycles. The van der Waals surface area contributed by atoms with Crippen molar-refractivity contribution in [1.82, 2.24) is 0 Å². The molecule has 0 aromatic rings. The van der Waals surface area contributed by atoms with Crippen LogP contribution >= 0.6 is 0 Å². The summed E-state index contributed by atoms with van der Waals surface area (Å²) in [4.78, 5) is 10.7. The van der Waals surface area contributed by atoms with Gasteiger partial charge in [-0.25, -0.2) is 0 Å². The van der Waals surface area contributed by atoms with Gasteiger partial charge in [0, 0.05) is 6.42 Å². The van der Waals surface area contributed by atoms with Crippen molar-refractivity contribution in [2.45, 2.75) is 58.7 Å². The summed E-state index contributed by atoms with van der Waals surface area (Å²) < 4.78 is 6.06. The van der Waals surface area contributed by atoms with Crippen molar-refractivity contribution in [3.63, 3.8) is 0 Å². The van der Waals surface area contributed by atoms with Gasteiger partial charge in [-0.05, 0) is 49.8 Å². The van der Waals surface area contributed by atoms with E-state index in [-0.39, 0.29) is 11.7 Å². The van der Waals surface area contributed by atoms with Crippen LogP contribution in [0.2, 0.25) is 0 Å². The topological polar surface area (TPSA) is 26.3 Å². The molecule has 0 saturated carbocycles. The van der Waals surface area contributed by atoms with E-state index in [0.29, 0.717) is 12.3 Å². The lowest BCUT2D eigenvalue weighted by molar-refractivity contribution is -0.113. The Morgan fingerprint density at radius 3 is 2.88 bits per heavy atom. The van der Waals surface area contributed by atoms with Gasteiger partial charge < -0.3 is 9.53 Å². The molecule has 0 bridgehead atoms. The van der Waals surface area contributed by atoms with E-state index in [2.05, 4.69) is 26.8 Å². The predicted molar refractivity (Wildman–Crippen MR) is 68.8 cm³/mol. The molecule has 0 saturated heterocycles. The summed E-state index contributed by atoms with van der Waals surface area (Å²) in [5.41, 5.74) is 3.90. The van der Waals surface area contributed by atoms with Crippen molar-refractivity contribution in [2.75, 3.05) is 0 Å². The van der Waals surface area contributed by atoms with Gasteiger partial charge in [0.25, 0.3) is 0 Å². The summed E-state index contributed by atoms with van der Waals surface area (Å²) in [5, 5.41) is 0. The smallest absolute Gasteiger partial charge is 0.123 e. The molecule has 0 spiro atoms. The van der Waals surface area contributed by atoms with Crippen LogP contribution in [-0.4, -0.2) is 18.0 Å². The van der Waals surface area contributed by atoms with Crippen LogP contribution in [0.1, 0.15) is 47.0 Å². The van der Waals surface area contributed by atoms with Crippen LogP contribution in [0.15, 0.2) is 22.8 Å². The maximum Gasteiger partial charge on any atom is 0.123 e. The van der Waals surface area contributed by atoms with Crippen LogP contribution in [0.3, 0.4) is 0 Å². The normalized spacial score (nSPS) is 32.8. The van der Waals surface area contributed by atoms with Crippen LogP contribution < -0.4 is 0 Å². The lowest BCUT2D eigenvalue weighted by Gasteiger charge is -2.29. The SMILES string of the molecule is CC1=C(C(C)C)C2=CC(C)(CC=O)OC2CC1. The van der Waals surface area contributed by atoms with Crippen molar-refractivity contribution >= 4 is 6.29 Å². The van der Waals surface area contributed by atoms with Crippen molar-refractivity contribution in [3.8, 4) is 0 Å². The number of hydrogen-bond acceptors (Lipinski definition) is 2. The number of aldehydes is 1. The molecule has 94 valence electrons. The molecule has 0 amide bonds. The zero-order chi connectivity index (χ0) is 12.6. The first kappa shape index (κ1) is 12.6. The molecule has 0 radical (unpaired) electrons. The van der Waals surface area contributed by atoms with E-state index in [1.54, 1.807) is 0 Å². The minimum Gasteiger partial charge on any atom is -0.363 e. The minimum absolute atomic E-state index is 0.209. The van der Waals surface area contributed by atoms with E-state index >= 15 is 0 Å². The highest BCUT2D eigenvalue weighted by Crippen LogP contribution is 2.43. The first-order valence-corrected chi connectivity index (χ1v) is 6.51. The molecule has 0 N–H and O–H groups in total. The van der Waals surface area contributed by atoms with Crippen molar-refractivity contribution < 1.29 is 9.53 Å². The molecular formula is C15H22O2. The largest absolute Gasteiger partial charge is 0.363 e. The van der Waals surface area contributed by atoms with Gasteiger partial charge in [-0.3, -0.25) is 0 Å². The number of rotatable bonds is 3. The first-order valence-electron chi connectivity index (χ1n) is 6.51. The molecular weight excluding hydrogens is 212 g/mol. The number of ether oxygens (including phenoxy) is 1. The summed E-state index contributed by atoms with van der Waals surface area (Å²) in [7, 11) is 0. The summed E-state index contributed by atoms with van der Waals surface area (Å²) in [5.74, 6) is 0.534. The Kier molecular flexibility index (Phi) is 3.26. The molecule has 2 aliphatic rings. The maximum absolute atomic E-state index is 10.7. The second kappa shape index (κ2) is 4.41. The standard InChI is InChI=1S/C15H22O2/c1-10(2)14-11(3)5-6-13-12(14)9-15(4,17-13)7-8-16/h8-10,13H,5-7H2,1-4H3. The summed E-state index contributed by atoms with van der Waals surface area (Å²) in [6.07, 6.45) is 5.98. The van der Waals surface area contributed by atoms with Gasteiger partial charge in [-0.1, -0.05) is 19.4 Å². The van der Waals surface area contributed by atoms with E-state index in [1.807, 2.05) is 6.92 Å². The van der Waals surface area contributed by atoms with Crippen LogP contribution in [-0.2, 0) is 9.53 Å². The number of carbonyl (C=O) groups is 1. The molecule has 2 unspecified atom stereocenters. The van der Waals surface area contributed by atoms with Gasteiger partial charge in [0.2, 0.25) is 0 Å². The Morgan fingerprint density at radius 2 is 2.29 bits per heavy atom. The molecule has 1 heterocycles. The highest BCUT2D eigenvalue weighted by Gasteiger charge is 2.39. The van der Waals surface area contributed by atoms with Crippen LogP contribution in [0.5, 0.6) is 0 Å². The third-order valence-electron chi connectivity index (χ3n) is 3.84. The highest BCUT2D eigenvalue weighted by molar-refractivity contribution is 5.55. The number of hydrogen-bond donors (Lipinski definition) is 0. The second-order valence-electron chi connectivity index (χ2n) is 5.78. The van der Waals surface area contributed by atoms with E-state index in [1.165, 1.54) is 16.7 Å². The second-order valence-corrected chi connectivity index (χ2v) is 5.78. The monoisotopic (exact) mass is 234 g/mol. The average molecular weight is 234 g/mol. The number of allylic oxidation sites excluding steroid dienone is 1. The van der Waals surface area contributed by atoms with Gasteiger partial charge in [-0.15, -0.1) is 0 Å². The lowest BCUT2D eigenvalue weighted by atomic mass is 9.80. The van der Waals surface area contributed by atoms with Crippen LogP contribution in [0.25, 0.3) is 0 Å². The van der Waals surface area contributed by atoms with Gasteiger partial charge in [-0.2, -0.15) is 0 Å². The molecule has 2 heteroatoms. The van der Waals surface area contributed by atoms with Crippen molar-refractivity contribution in [1.29, 1.82) is 0 Å². The number of carbonyl (C=O) groups excluding carboxylic acids is 1. The van der Waals surface area contributed by atoms with E-state index in [0.717, 1.165) is 19.1 Å². The third-order valence-corrected chi connectivity index (χ3v) is 3.84. The van der Waals surface area contributed by atoms with Crippen LogP contribution in [0, 0.1) is 5.92 Å². The Hall–Kier alpha value is -0.890. The summed E-state index contributed by atoms with van der Waals surface area (Å²) >= 11 is 0. The Bertz CT molecular complexity index is 390. The molecule has 0 aromatic heterocycles. The van der Waals surface area contributed by atoms with Crippen LogP contribution in [0.4, 0.5) is 0 Å².